The number of fused-ring (bicyclic) bond motifs is 2. The van der Waals surface area contributed by atoms with Crippen molar-refractivity contribution in [2.24, 2.45) is 23.2 Å². The average Bonchev–Trinajstić information content (AvgIpc) is 3.34. The fourth-order valence-electron chi connectivity index (χ4n) is 6.39. The topological polar surface area (TPSA) is 96.7 Å². The van der Waals surface area contributed by atoms with Crippen LogP contribution in [0.2, 0.25) is 0 Å². The number of aromatic nitrogens is 1. The predicted molar refractivity (Wildman–Crippen MR) is 151 cm³/mol. The second-order valence-electron chi connectivity index (χ2n) is 12.2. The van der Waals surface area contributed by atoms with Gasteiger partial charge in [-0.05, 0) is 75.1 Å². The first-order valence-corrected chi connectivity index (χ1v) is 15.3. The molecule has 9 heteroatoms. The van der Waals surface area contributed by atoms with Crippen LogP contribution in [-0.2, 0) is 4.79 Å². The molecular weight excluding hydrogens is 512 g/mol. The molecule has 2 aromatic rings. The maximum atomic E-state index is 13.5. The van der Waals surface area contributed by atoms with Crippen LogP contribution in [0.25, 0.3) is 0 Å². The van der Waals surface area contributed by atoms with Crippen LogP contribution in [0.5, 0.6) is 5.88 Å². The number of amides is 2. The third kappa shape index (κ3) is 6.80. The Hall–Kier alpha value is -2.52. The second-order valence-corrected chi connectivity index (χ2v) is 13.3. The van der Waals surface area contributed by atoms with Crippen molar-refractivity contribution in [3.63, 3.8) is 0 Å². The summed E-state index contributed by atoms with van der Waals surface area (Å²) in [6, 6.07) is 9.87. The Morgan fingerprint density at radius 1 is 1.15 bits per heavy atom. The highest BCUT2D eigenvalue weighted by molar-refractivity contribution is 7.99. The summed E-state index contributed by atoms with van der Waals surface area (Å²) in [5.41, 5.74) is -0.749. The van der Waals surface area contributed by atoms with Gasteiger partial charge in [-0.3, -0.25) is 9.59 Å². The van der Waals surface area contributed by atoms with Crippen LogP contribution in [0.3, 0.4) is 0 Å². The molecule has 0 radical (unpaired) electrons. The van der Waals surface area contributed by atoms with Crippen molar-refractivity contribution < 1.29 is 18.8 Å². The lowest BCUT2D eigenvalue weighted by molar-refractivity contribution is -0.142. The van der Waals surface area contributed by atoms with Crippen LogP contribution >= 0.6 is 11.8 Å². The summed E-state index contributed by atoms with van der Waals surface area (Å²) in [5.74, 6) is 2.26. The highest BCUT2D eigenvalue weighted by atomic mass is 32.2. The molecule has 1 aromatic heterocycles. The number of piperazine rings is 1. The molecule has 2 amide bonds. The van der Waals surface area contributed by atoms with E-state index < -0.39 is 5.41 Å². The zero-order valence-corrected chi connectivity index (χ0v) is 24.2. The van der Waals surface area contributed by atoms with Crippen molar-refractivity contribution in [1.29, 1.82) is 0 Å². The Balaban J connectivity index is 1.30. The van der Waals surface area contributed by atoms with Gasteiger partial charge in [-0.25, -0.2) is 0 Å². The van der Waals surface area contributed by atoms with Crippen LogP contribution in [-0.4, -0.2) is 60.7 Å². The van der Waals surface area contributed by atoms with Crippen LogP contribution in [0, 0.1) is 23.2 Å². The van der Waals surface area contributed by atoms with Crippen molar-refractivity contribution in [3.8, 4) is 5.88 Å². The van der Waals surface area contributed by atoms with Gasteiger partial charge in [0.1, 0.15) is 11.5 Å². The molecular formula is C30H42N4O4S. The van der Waals surface area contributed by atoms with E-state index in [0.717, 1.165) is 29.8 Å². The molecule has 8 nitrogen and oxygen atoms in total. The normalized spacial score (nSPS) is 24.2. The number of ether oxygens (including phenoxy) is 1. The number of hydrogen-bond donors (Lipinski definition) is 2. The fourth-order valence-corrected chi connectivity index (χ4v) is 7.32. The van der Waals surface area contributed by atoms with E-state index in [4.69, 9.17) is 9.26 Å². The largest absolute Gasteiger partial charge is 0.474 e. The van der Waals surface area contributed by atoms with Crippen molar-refractivity contribution >= 4 is 23.6 Å². The second kappa shape index (κ2) is 12.3. The third-order valence-electron chi connectivity index (χ3n) is 8.57. The molecule has 2 heterocycles. The van der Waals surface area contributed by atoms with E-state index in [-0.39, 0.29) is 36.1 Å². The van der Waals surface area contributed by atoms with E-state index in [9.17, 15) is 9.59 Å². The van der Waals surface area contributed by atoms with Gasteiger partial charge in [0, 0.05) is 37.1 Å². The monoisotopic (exact) mass is 554 g/mol. The Bertz CT molecular complexity index is 1120. The van der Waals surface area contributed by atoms with Gasteiger partial charge in [-0.1, -0.05) is 49.2 Å². The SMILES string of the molecule is CC(NC(=O)c1onc(OCC(C)(C)C(=O)N2CCNCC2)c1Sc1ccccc1)C1CC2CCCC(C2)C1. The average molecular weight is 555 g/mol. The zero-order chi connectivity index (χ0) is 27.4. The Kier molecular flexibility index (Phi) is 8.86. The van der Waals surface area contributed by atoms with Gasteiger partial charge < -0.3 is 24.8 Å². The molecule has 3 fully saturated rings. The summed E-state index contributed by atoms with van der Waals surface area (Å²) < 4.78 is 11.7. The van der Waals surface area contributed by atoms with Crippen LogP contribution in [0.1, 0.15) is 69.9 Å². The molecule has 1 aliphatic heterocycles. The van der Waals surface area contributed by atoms with Gasteiger partial charge in [-0.15, -0.1) is 0 Å². The van der Waals surface area contributed by atoms with E-state index in [2.05, 4.69) is 22.7 Å². The molecule has 2 saturated carbocycles. The number of nitrogens with one attached hydrogen (secondary N) is 2. The van der Waals surface area contributed by atoms with E-state index >= 15 is 0 Å². The van der Waals surface area contributed by atoms with E-state index in [1.807, 2.05) is 49.1 Å². The molecule has 2 bridgehead atoms. The third-order valence-corrected chi connectivity index (χ3v) is 9.64. The molecule has 3 aliphatic rings. The molecule has 2 N–H and O–H groups in total. The van der Waals surface area contributed by atoms with Crippen LogP contribution in [0.15, 0.2) is 44.6 Å². The minimum Gasteiger partial charge on any atom is -0.474 e. The lowest BCUT2D eigenvalue weighted by Crippen LogP contribution is -2.51. The highest BCUT2D eigenvalue weighted by Gasteiger charge is 2.37. The van der Waals surface area contributed by atoms with Crippen molar-refractivity contribution in [2.75, 3.05) is 32.8 Å². The van der Waals surface area contributed by atoms with Gasteiger partial charge in [0.15, 0.2) is 0 Å². The molecule has 39 heavy (non-hydrogen) atoms. The van der Waals surface area contributed by atoms with Crippen molar-refractivity contribution in [1.82, 2.24) is 20.7 Å². The minimum atomic E-state index is -0.749. The van der Waals surface area contributed by atoms with Crippen molar-refractivity contribution in [2.45, 2.75) is 75.1 Å². The number of hydrogen-bond acceptors (Lipinski definition) is 7. The molecule has 0 spiro atoms. The summed E-state index contributed by atoms with van der Waals surface area (Å²) in [6.45, 7) is 8.98. The van der Waals surface area contributed by atoms with Gasteiger partial charge in [0.25, 0.3) is 11.8 Å². The van der Waals surface area contributed by atoms with E-state index in [1.165, 1.54) is 50.3 Å². The smallest absolute Gasteiger partial charge is 0.291 e. The first-order valence-electron chi connectivity index (χ1n) is 14.5. The predicted octanol–water partition coefficient (Wildman–Crippen LogP) is 5.00. The Morgan fingerprint density at radius 2 is 1.85 bits per heavy atom. The fraction of sp³-hybridized carbons (Fsp3) is 0.633. The molecule has 3 atom stereocenters. The highest BCUT2D eigenvalue weighted by Crippen LogP contribution is 2.44. The lowest BCUT2D eigenvalue weighted by Gasteiger charge is -2.41. The van der Waals surface area contributed by atoms with Gasteiger partial charge in [0.2, 0.25) is 11.7 Å². The van der Waals surface area contributed by atoms with Crippen LogP contribution in [0.4, 0.5) is 0 Å². The molecule has 1 aromatic carbocycles. The molecule has 1 saturated heterocycles. The summed E-state index contributed by atoms with van der Waals surface area (Å²) in [6.07, 6.45) is 7.71. The molecule has 212 valence electrons. The molecule has 5 rings (SSSR count). The van der Waals surface area contributed by atoms with Crippen LogP contribution < -0.4 is 15.4 Å². The zero-order valence-electron chi connectivity index (χ0n) is 23.4. The van der Waals surface area contributed by atoms with Gasteiger partial charge in [-0.2, -0.15) is 0 Å². The van der Waals surface area contributed by atoms with Gasteiger partial charge in [0.05, 0.1) is 5.41 Å². The first-order chi connectivity index (χ1) is 18.8. The Morgan fingerprint density at radius 3 is 2.54 bits per heavy atom. The summed E-state index contributed by atoms with van der Waals surface area (Å²) in [5, 5.41) is 10.7. The lowest BCUT2D eigenvalue weighted by atomic mass is 9.66. The number of rotatable bonds is 9. The maximum Gasteiger partial charge on any atom is 0.291 e. The molecule has 3 unspecified atom stereocenters. The number of carbonyl (C=O) groups is 2. The van der Waals surface area contributed by atoms with E-state index in [1.54, 1.807) is 0 Å². The quantitative estimate of drug-likeness (QED) is 0.450. The maximum absolute atomic E-state index is 13.5. The summed E-state index contributed by atoms with van der Waals surface area (Å²) >= 11 is 1.39. The Labute approximate surface area is 236 Å². The number of carbonyl (C=O) groups excluding carboxylic acids is 2. The number of benzene rings is 1. The number of nitrogens with zero attached hydrogens (tertiary/aromatic N) is 2. The molecule has 2 aliphatic carbocycles. The van der Waals surface area contributed by atoms with Gasteiger partial charge >= 0.3 is 0 Å². The summed E-state index contributed by atoms with van der Waals surface area (Å²) in [7, 11) is 0. The van der Waals surface area contributed by atoms with Crippen molar-refractivity contribution in [3.05, 3.63) is 36.1 Å². The minimum absolute atomic E-state index is 0.0498. The van der Waals surface area contributed by atoms with E-state index in [0.29, 0.717) is 23.9 Å². The summed E-state index contributed by atoms with van der Waals surface area (Å²) in [4.78, 5) is 30.0. The standard InChI is InChI=1S/C30H42N4O4S/c1-20(23-17-21-8-7-9-22(16-21)18-23)32-27(35)25-26(39-24-10-5-4-6-11-24)28(33-38-25)37-19-30(2,3)29(36)34-14-12-31-13-15-34/h4-6,10-11,20-23,31H,7-9,12-19H2,1-3H3,(H,32,35). The first kappa shape index (κ1) is 28.0.